The van der Waals surface area contributed by atoms with E-state index in [1.807, 2.05) is 6.92 Å². The Labute approximate surface area is 108 Å². The van der Waals surface area contributed by atoms with Gasteiger partial charge in [0.1, 0.15) is 11.6 Å². The van der Waals surface area contributed by atoms with Crippen molar-refractivity contribution in [3.05, 3.63) is 35.4 Å². The van der Waals surface area contributed by atoms with Gasteiger partial charge in [-0.1, -0.05) is 19.9 Å². The summed E-state index contributed by atoms with van der Waals surface area (Å²) in [6.45, 7) is 7.31. The fourth-order valence-electron chi connectivity index (χ4n) is 2.29. The van der Waals surface area contributed by atoms with Crippen LogP contribution in [0.5, 0.6) is 0 Å². The summed E-state index contributed by atoms with van der Waals surface area (Å²) in [5.41, 5.74) is 6.25. The van der Waals surface area contributed by atoms with Gasteiger partial charge in [0.25, 0.3) is 0 Å². The van der Waals surface area contributed by atoms with Gasteiger partial charge in [-0.15, -0.1) is 0 Å². The summed E-state index contributed by atoms with van der Waals surface area (Å²) in [5.74, 6) is -1.08. The standard InChI is InChI=1S/C14H22F2N2/c1-4-10(3)18(5-2)14(9-17)12-7-6-11(15)8-13(12)16/h6-8,10,14H,4-5,9,17H2,1-3H3. The predicted octanol–water partition coefficient (Wildman–Crippen LogP) is 3.09. The first-order valence-corrected chi connectivity index (χ1v) is 6.45. The summed E-state index contributed by atoms with van der Waals surface area (Å²) in [6.07, 6.45) is 0.965. The second kappa shape index (κ2) is 6.81. The molecule has 0 radical (unpaired) electrons. The van der Waals surface area contributed by atoms with Crippen LogP contribution >= 0.6 is 0 Å². The zero-order chi connectivity index (χ0) is 13.7. The Morgan fingerprint density at radius 1 is 1.28 bits per heavy atom. The highest BCUT2D eigenvalue weighted by Gasteiger charge is 2.24. The number of nitrogens with two attached hydrogens (primary N) is 1. The first-order valence-electron chi connectivity index (χ1n) is 6.45. The van der Waals surface area contributed by atoms with E-state index >= 15 is 0 Å². The molecule has 0 aliphatic rings. The molecule has 0 fully saturated rings. The first kappa shape index (κ1) is 15.1. The molecule has 2 atom stereocenters. The van der Waals surface area contributed by atoms with E-state index in [9.17, 15) is 8.78 Å². The lowest BCUT2D eigenvalue weighted by atomic mass is 10.0. The summed E-state index contributed by atoms with van der Waals surface area (Å²) in [7, 11) is 0. The number of hydrogen-bond donors (Lipinski definition) is 1. The highest BCUT2D eigenvalue weighted by molar-refractivity contribution is 5.23. The molecule has 1 aromatic carbocycles. The minimum Gasteiger partial charge on any atom is -0.329 e. The minimum absolute atomic E-state index is 0.203. The van der Waals surface area contributed by atoms with E-state index in [2.05, 4.69) is 18.7 Å². The van der Waals surface area contributed by atoms with Crippen molar-refractivity contribution in [1.82, 2.24) is 4.90 Å². The lowest BCUT2D eigenvalue weighted by Crippen LogP contribution is -2.40. The summed E-state index contributed by atoms with van der Waals surface area (Å²) < 4.78 is 26.8. The summed E-state index contributed by atoms with van der Waals surface area (Å²) in [4.78, 5) is 2.15. The maximum atomic E-state index is 13.8. The second-order valence-corrected chi connectivity index (χ2v) is 4.51. The number of hydrogen-bond acceptors (Lipinski definition) is 2. The molecule has 0 saturated carbocycles. The molecule has 0 aliphatic carbocycles. The molecule has 102 valence electrons. The largest absolute Gasteiger partial charge is 0.329 e. The van der Waals surface area contributed by atoms with Crippen LogP contribution in [0.1, 0.15) is 38.8 Å². The first-order chi connectivity index (χ1) is 8.54. The number of nitrogens with zero attached hydrogens (tertiary/aromatic N) is 1. The van der Waals surface area contributed by atoms with Crippen molar-refractivity contribution >= 4 is 0 Å². The average Bonchev–Trinajstić information content (AvgIpc) is 2.36. The molecule has 4 heteroatoms. The quantitative estimate of drug-likeness (QED) is 0.847. The van der Waals surface area contributed by atoms with Gasteiger partial charge in [-0.3, -0.25) is 4.90 Å². The van der Waals surface area contributed by atoms with Gasteiger partial charge in [0.15, 0.2) is 0 Å². The molecular formula is C14H22F2N2. The molecule has 2 nitrogen and oxygen atoms in total. The summed E-state index contributed by atoms with van der Waals surface area (Å²) in [6, 6.07) is 3.81. The Morgan fingerprint density at radius 3 is 2.39 bits per heavy atom. The predicted molar refractivity (Wildman–Crippen MR) is 70.3 cm³/mol. The molecule has 0 amide bonds. The Morgan fingerprint density at radius 2 is 1.94 bits per heavy atom. The topological polar surface area (TPSA) is 29.3 Å². The fraction of sp³-hybridized carbons (Fsp3) is 0.571. The van der Waals surface area contributed by atoms with Crippen molar-refractivity contribution in [2.45, 2.75) is 39.3 Å². The average molecular weight is 256 g/mol. The van der Waals surface area contributed by atoms with Crippen LogP contribution in [-0.2, 0) is 0 Å². The molecule has 0 saturated heterocycles. The maximum absolute atomic E-state index is 13.8. The molecule has 2 N–H and O–H groups in total. The third-order valence-corrected chi connectivity index (χ3v) is 3.47. The second-order valence-electron chi connectivity index (χ2n) is 4.51. The van der Waals surface area contributed by atoms with Crippen molar-refractivity contribution in [2.75, 3.05) is 13.1 Å². The minimum atomic E-state index is -0.557. The van der Waals surface area contributed by atoms with E-state index in [1.165, 1.54) is 12.1 Å². The number of halogens is 2. The molecule has 0 bridgehead atoms. The van der Waals surface area contributed by atoms with Crippen molar-refractivity contribution in [3.63, 3.8) is 0 Å². The van der Waals surface area contributed by atoms with Gasteiger partial charge in [0, 0.05) is 24.2 Å². The van der Waals surface area contributed by atoms with Crippen molar-refractivity contribution in [1.29, 1.82) is 0 Å². The van der Waals surface area contributed by atoms with Gasteiger partial charge in [-0.2, -0.15) is 0 Å². The van der Waals surface area contributed by atoms with Gasteiger partial charge in [0.2, 0.25) is 0 Å². The van der Waals surface area contributed by atoms with E-state index in [-0.39, 0.29) is 6.04 Å². The van der Waals surface area contributed by atoms with Gasteiger partial charge in [-0.05, 0) is 26.0 Å². The SMILES string of the molecule is CCC(C)N(CC)C(CN)c1ccc(F)cc1F. The number of rotatable bonds is 6. The van der Waals surface area contributed by atoms with Crippen LogP contribution in [0.2, 0.25) is 0 Å². The zero-order valence-corrected chi connectivity index (χ0v) is 11.3. The number of likely N-dealkylation sites (N-methyl/N-ethyl adjacent to an activating group) is 1. The van der Waals surface area contributed by atoms with Crippen LogP contribution < -0.4 is 5.73 Å². The van der Waals surface area contributed by atoms with Crippen LogP contribution in [0.15, 0.2) is 18.2 Å². The molecule has 0 spiro atoms. The van der Waals surface area contributed by atoms with Crippen LogP contribution in [-0.4, -0.2) is 24.0 Å². The highest BCUT2D eigenvalue weighted by Crippen LogP contribution is 2.25. The molecular weight excluding hydrogens is 234 g/mol. The Bertz CT molecular complexity index is 382. The molecule has 1 aromatic rings. The van der Waals surface area contributed by atoms with Crippen LogP contribution in [0, 0.1) is 11.6 Å². The van der Waals surface area contributed by atoms with Gasteiger partial charge >= 0.3 is 0 Å². The van der Waals surface area contributed by atoms with Gasteiger partial charge in [0.05, 0.1) is 6.04 Å². The third kappa shape index (κ3) is 3.27. The Hall–Kier alpha value is -1.00. The molecule has 0 aromatic heterocycles. The fourth-order valence-corrected chi connectivity index (χ4v) is 2.29. The summed E-state index contributed by atoms with van der Waals surface area (Å²) >= 11 is 0. The van der Waals surface area contributed by atoms with Crippen molar-refractivity contribution in [2.24, 2.45) is 5.73 Å². The van der Waals surface area contributed by atoms with E-state index < -0.39 is 11.6 Å². The normalized spacial score (nSPS) is 14.8. The summed E-state index contributed by atoms with van der Waals surface area (Å²) in [5, 5.41) is 0. The Balaban J connectivity index is 3.07. The van der Waals surface area contributed by atoms with Crippen LogP contribution in [0.4, 0.5) is 8.78 Å². The highest BCUT2D eigenvalue weighted by atomic mass is 19.1. The molecule has 0 heterocycles. The van der Waals surface area contributed by atoms with E-state index in [0.29, 0.717) is 18.2 Å². The van der Waals surface area contributed by atoms with Crippen molar-refractivity contribution in [3.8, 4) is 0 Å². The van der Waals surface area contributed by atoms with E-state index in [4.69, 9.17) is 5.73 Å². The maximum Gasteiger partial charge on any atom is 0.130 e. The number of benzene rings is 1. The zero-order valence-electron chi connectivity index (χ0n) is 11.3. The van der Waals surface area contributed by atoms with E-state index in [0.717, 1.165) is 19.0 Å². The lowest BCUT2D eigenvalue weighted by molar-refractivity contribution is 0.149. The van der Waals surface area contributed by atoms with Crippen LogP contribution in [0.25, 0.3) is 0 Å². The Kier molecular flexibility index (Phi) is 5.69. The van der Waals surface area contributed by atoms with E-state index in [1.54, 1.807) is 0 Å². The molecule has 1 rings (SSSR count). The van der Waals surface area contributed by atoms with Gasteiger partial charge in [-0.25, -0.2) is 8.78 Å². The molecule has 18 heavy (non-hydrogen) atoms. The molecule has 2 unspecified atom stereocenters. The smallest absolute Gasteiger partial charge is 0.130 e. The lowest BCUT2D eigenvalue weighted by Gasteiger charge is -2.35. The molecule has 0 aliphatic heterocycles. The van der Waals surface area contributed by atoms with Crippen molar-refractivity contribution < 1.29 is 8.78 Å². The third-order valence-electron chi connectivity index (χ3n) is 3.47. The van der Waals surface area contributed by atoms with Crippen LogP contribution in [0.3, 0.4) is 0 Å². The van der Waals surface area contributed by atoms with Gasteiger partial charge < -0.3 is 5.73 Å². The monoisotopic (exact) mass is 256 g/mol.